The number of rotatable bonds is 6. The molecule has 1 aromatic carbocycles. The first kappa shape index (κ1) is 12.7. The average molecular weight is 246 g/mol. The molecule has 3 nitrogen and oxygen atoms in total. The van der Waals surface area contributed by atoms with Crippen LogP contribution in [0.4, 0.5) is 0 Å². The molecule has 3 heteroatoms. The van der Waals surface area contributed by atoms with Gasteiger partial charge < -0.3 is 9.15 Å². The lowest BCUT2D eigenvalue weighted by molar-refractivity contribution is 0.305. The third kappa shape index (κ3) is 3.13. The maximum Gasteiger partial charge on any atom is 0.192 e. The molecule has 0 saturated carbocycles. The van der Waals surface area contributed by atoms with E-state index < -0.39 is 0 Å². The zero-order valence-electron chi connectivity index (χ0n) is 10.6. The molecule has 0 N–H and O–H groups in total. The third-order valence-corrected chi connectivity index (χ3v) is 2.90. The van der Waals surface area contributed by atoms with Gasteiger partial charge in [0.1, 0.15) is 11.3 Å². The fraction of sp³-hybridized carbons (Fsp3) is 0.400. The molecule has 1 heterocycles. The molecule has 1 aromatic heterocycles. The van der Waals surface area contributed by atoms with Crippen molar-refractivity contribution in [2.45, 2.75) is 32.6 Å². The van der Waals surface area contributed by atoms with E-state index in [1.54, 1.807) is 12.1 Å². The van der Waals surface area contributed by atoms with E-state index in [9.17, 15) is 4.79 Å². The Hall–Kier alpha value is -1.77. The van der Waals surface area contributed by atoms with E-state index >= 15 is 0 Å². The summed E-state index contributed by atoms with van der Waals surface area (Å²) in [6.07, 6.45) is 6.14. The van der Waals surface area contributed by atoms with E-state index in [-0.39, 0.29) is 5.43 Å². The van der Waals surface area contributed by atoms with Crippen LogP contribution in [0.3, 0.4) is 0 Å². The van der Waals surface area contributed by atoms with Crippen LogP contribution in [-0.2, 0) is 0 Å². The van der Waals surface area contributed by atoms with Crippen LogP contribution in [0, 0.1) is 0 Å². The molecule has 0 bridgehead atoms. The van der Waals surface area contributed by atoms with Gasteiger partial charge in [0.15, 0.2) is 5.43 Å². The Labute approximate surface area is 106 Å². The van der Waals surface area contributed by atoms with Crippen LogP contribution in [0.1, 0.15) is 32.6 Å². The average Bonchev–Trinajstić information content (AvgIpc) is 2.39. The summed E-state index contributed by atoms with van der Waals surface area (Å²) in [7, 11) is 0. The molecule has 18 heavy (non-hydrogen) atoms. The zero-order chi connectivity index (χ0) is 12.8. The van der Waals surface area contributed by atoms with Gasteiger partial charge in [-0.2, -0.15) is 0 Å². The van der Waals surface area contributed by atoms with Gasteiger partial charge in [0, 0.05) is 12.1 Å². The Morgan fingerprint density at radius 1 is 1.17 bits per heavy atom. The first-order chi connectivity index (χ1) is 8.81. The molecule has 2 rings (SSSR count). The van der Waals surface area contributed by atoms with Gasteiger partial charge in [0.05, 0.1) is 18.3 Å². The second kappa shape index (κ2) is 6.24. The Balaban J connectivity index is 2.00. The summed E-state index contributed by atoms with van der Waals surface area (Å²) in [5, 5.41) is 0.593. The molecule has 0 unspecified atom stereocenters. The van der Waals surface area contributed by atoms with Gasteiger partial charge in [-0.25, -0.2) is 0 Å². The van der Waals surface area contributed by atoms with Crippen LogP contribution >= 0.6 is 0 Å². The van der Waals surface area contributed by atoms with Crippen LogP contribution in [-0.4, -0.2) is 6.61 Å². The van der Waals surface area contributed by atoms with E-state index in [0.29, 0.717) is 17.6 Å². The second-order valence-electron chi connectivity index (χ2n) is 4.35. The quantitative estimate of drug-likeness (QED) is 0.729. The highest BCUT2D eigenvalue weighted by Gasteiger charge is 2.02. The largest absolute Gasteiger partial charge is 0.493 e. The summed E-state index contributed by atoms with van der Waals surface area (Å²) in [5.74, 6) is 0.758. The molecular weight excluding hydrogens is 228 g/mol. The predicted octanol–water partition coefficient (Wildman–Crippen LogP) is 3.75. The fourth-order valence-corrected chi connectivity index (χ4v) is 1.87. The molecule has 0 aliphatic heterocycles. The summed E-state index contributed by atoms with van der Waals surface area (Å²) < 4.78 is 10.9. The summed E-state index contributed by atoms with van der Waals surface area (Å²) in [6, 6.07) is 6.77. The number of benzene rings is 1. The van der Waals surface area contributed by atoms with Crippen LogP contribution in [0.15, 0.2) is 39.7 Å². The molecule has 0 saturated heterocycles. The van der Waals surface area contributed by atoms with Gasteiger partial charge in [-0.3, -0.25) is 4.79 Å². The number of fused-ring (bicyclic) bond motifs is 1. The smallest absolute Gasteiger partial charge is 0.192 e. The normalized spacial score (nSPS) is 10.7. The maximum atomic E-state index is 11.5. The lowest BCUT2D eigenvalue weighted by Gasteiger charge is -2.06. The Bertz CT molecular complexity index is 557. The fourth-order valence-electron chi connectivity index (χ4n) is 1.87. The summed E-state index contributed by atoms with van der Waals surface area (Å²) in [5.41, 5.74) is 0.555. The van der Waals surface area contributed by atoms with Crippen molar-refractivity contribution in [3.05, 3.63) is 40.8 Å². The molecule has 0 amide bonds. The van der Waals surface area contributed by atoms with E-state index in [1.807, 2.05) is 6.07 Å². The van der Waals surface area contributed by atoms with Crippen molar-refractivity contribution >= 4 is 11.0 Å². The van der Waals surface area contributed by atoms with Gasteiger partial charge in [-0.15, -0.1) is 0 Å². The Morgan fingerprint density at radius 2 is 2.06 bits per heavy atom. The molecule has 0 atom stereocenters. The number of ether oxygens (including phenoxy) is 1. The van der Waals surface area contributed by atoms with Gasteiger partial charge in [0.25, 0.3) is 0 Å². The van der Waals surface area contributed by atoms with E-state index in [2.05, 4.69) is 6.92 Å². The highest BCUT2D eigenvalue weighted by Crippen LogP contribution is 2.18. The molecule has 0 fully saturated rings. The molecule has 0 aliphatic carbocycles. The van der Waals surface area contributed by atoms with Crippen molar-refractivity contribution < 1.29 is 9.15 Å². The number of hydrogen-bond donors (Lipinski definition) is 0. The Kier molecular flexibility index (Phi) is 4.40. The monoisotopic (exact) mass is 246 g/mol. The highest BCUT2D eigenvalue weighted by molar-refractivity contribution is 5.77. The van der Waals surface area contributed by atoms with Gasteiger partial charge in [-0.1, -0.05) is 26.2 Å². The topological polar surface area (TPSA) is 39.4 Å². The van der Waals surface area contributed by atoms with E-state index in [4.69, 9.17) is 9.15 Å². The van der Waals surface area contributed by atoms with Crippen molar-refractivity contribution in [2.24, 2.45) is 0 Å². The van der Waals surface area contributed by atoms with E-state index in [0.717, 1.165) is 12.2 Å². The summed E-state index contributed by atoms with van der Waals surface area (Å²) in [4.78, 5) is 11.5. The van der Waals surface area contributed by atoms with Crippen LogP contribution in [0.25, 0.3) is 11.0 Å². The minimum atomic E-state index is -0.0225. The van der Waals surface area contributed by atoms with Crippen molar-refractivity contribution in [1.29, 1.82) is 0 Å². The predicted molar refractivity (Wildman–Crippen MR) is 72.1 cm³/mol. The third-order valence-electron chi connectivity index (χ3n) is 2.90. The van der Waals surface area contributed by atoms with Crippen molar-refractivity contribution in [3.8, 4) is 5.75 Å². The lowest BCUT2D eigenvalue weighted by Crippen LogP contribution is -2.00. The summed E-state index contributed by atoms with van der Waals surface area (Å²) in [6.45, 7) is 2.90. The standard InChI is InChI=1S/C15H18O3/c1-2-3-4-5-9-17-12-6-7-13-14(16)8-10-18-15(13)11-12/h6-8,10-11H,2-5,9H2,1H3. The molecule has 96 valence electrons. The molecule has 2 aromatic rings. The van der Waals surface area contributed by atoms with Gasteiger partial charge in [-0.05, 0) is 18.6 Å². The van der Waals surface area contributed by atoms with Gasteiger partial charge in [0.2, 0.25) is 0 Å². The number of unbranched alkanes of at least 4 members (excludes halogenated alkanes) is 3. The highest BCUT2D eigenvalue weighted by atomic mass is 16.5. The van der Waals surface area contributed by atoms with Crippen LogP contribution in [0.2, 0.25) is 0 Å². The maximum absolute atomic E-state index is 11.5. The lowest BCUT2D eigenvalue weighted by atomic mass is 10.2. The number of hydrogen-bond acceptors (Lipinski definition) is 3. The second-order valence-corrected chi connectivity index (χ2v) is 4.35. The Morgan fingerprint density at radius 3 is 2.89 bits per heavy atom. The minimum absolute atomic E-state index is 0.0225. The van der Waals surface area contributed by atoms with Crippen molar-refractivity contribution in [1.82, 2.24) is 0 Å². The SMILES string of the molecule is CCCCCCOc1ccc2c(=O)ccoc2c1. The minimum Gasteiger partial charge on any atom is -0.493 e. The van der Waals surface area contributed by atoms with Crippen LogP contribution < -0.4 is 10.2 Å². The first-order valence-corrected chi connectivity index (χ1v) is 6.45. The molecule has 0 spiro atoms. The first-order valence-electron chi connectivity index (χ1n) is 6.45. The van der Waals surface area contributed by atoms with Crippen molar-refractivity contribution in [3.63, 3.8) is 0 Å². The van der Waals surface area contributed by atoms with E-state index in [1.165, 1.54) is 31.6 Å². The van der Waals surface area contributed by atoms with Crippen LogP contribution in [0.5, 0.6) is 5.75 Å². The molecule has 0 radical (unpaired) electrons. The zero-order valence-corrected chi connectivity index (χ0v) is 10.6. The summed E-state index contributed by atoms with van der Waals surface area (Å²) >= 11 is 0. The van der Waals surface area contributed by atoms with Gasteiger partial charge >= 0.3 is 0 Å². The van der Waals surface area contributed by atoms with Crippen molar-refractivity contribution in [2.75, 3.05) is 6.61 Å². The molecule has 0 aliphatic rings. The molecular formula is C15H18O3.